The number of benzene rings is 2. The highest BCUT2D eigenvalue weighted by Crippen LogP contribution is 2.24. The Morgan fingerprint density at radius 3 is 2.41 bits per heavy atom. The second-order valence-electron chi connectivity index (χ2n) is 7.00. The Morgan fingerprint density at radius 1 is 0.966 bits per heavy atom. The molecule has 0 saturated carbocycles. The number of hydrogen-bond acceptors (Lipinski definition) is 4. The summed E-state index contributed by atoms with van der Waals surface area (Å²) in [7, 11) is -3.55. The van der Waals surface area contributed by atoms with Crippen LogP contribution in [0.15, 0.2) is 70.4 Å². The van der Waals surface area contributed by atoms with Crippen LogP contribution in [0.25, 0.3) is 10.9 Å². The fourth-order valence-corrected chi connectivity index (χ4v) is 5.10. The molecule has 0 spiro atoms. The Hall–Kier alpha value is -2.97. The summed E-state index contributed by atoms with van der Waals surface area (Å²) in [5.41, 5.74) is 0.835. The Kier molecular flexibility index (Phi) is 5.21. The average Bonchev–Trinajstić information content (AvgIpc) is 3.26. The van der Waals surface area contributed by atoms with Crippen LogP contribution in [0.4, 0.5) is 5.69 Å². The third-order valence-corrected chi connectivity index (χ3v) is 6.92. The topological polar surface area (TPSA) is 88.5 Å². The van der Waals surface area contributed by atoms with Gasteiger partial charge in [0.2, 0.25) is 15.9 Å². The second kappa shape index (κ2) is 7.81. The van der Waals surface area contributed by atoms with Gasteiger partial charge < -0.3 is 5.32 Å². The van der Waals surface area contributed by atoms with Crippen LogP contribution >= 0.6 is 0 Å². The molecule has 0 aliphatic carbocycles. The van der Waals surface area contributed by atoms with Crippen molar-refractivity contribution in [3.05, 3.63) is 71.0 Å². The van der Waals surface area contributed by atoms with Gasteiger partial charge in [-0.3, -0.25) is 14.2 Å². The minimum absolute atomic E-state index is 0.163. The second-order valence-corrected chi connectivity index (χ2v) is 8.94. The van der Waals surface area contributed by atoms with E-state index < -0.39 is 10.0 Å². The molecule has 7 nitrogen and oxygen atoms in total. The zero-order valence-corrected chi connectivity index (χ0v) is 16.6. The first-order valence-electron chi connectivity index (χ1n) is 9.44. The van der Waals surface area contributed by atoms with Crippen LogP contribution in [0, 0.1) is 0 Å². The van der Waals surface area contributed by atoms with Crippen LogP contribution in [0.2, 0.25) is 0 Å². The van der Waals surface area contributed by atoms with Crippen LogP contribution in [0.1, 0.15) is 12.8 Å². The van der Waals surface area contributed by atoms with E-state index in [9.17, 15) is 18.0 Å². The number of anilines is 1. The predicted molar refractivity (Wildman–Crippen MR) is 111 cm³/mol. The van der Waals surface area contributed by atoms with Crippen LogP contribution in [-0.2, 0) is 21.4 Å². The fraction of sp³-hybridized carbons (Fsp3) is 0.238. The quantitative estimate of drug-likeness (QED) is 0.698. The van der Waals surface area contributed by atoms with Gasteiger partial charge in [-0.1, -0.05) is 18.2 Å². The fourth-order valence-electron chi connectivity index (χ4n) is 3.55. The Labute approximate surface area is 168 Å². The highest BCUT2D eigenvalue weighted by Gasteiger charge is 2.27. The number of carbonyl (C=O) groups is 1. The number of aromatic nitrogens is 1. The summed E-state index contributed by atoms with van der Waals surface area (Å²) in [6.45, 7) is 0.891. The SMILES string of the molecule is O=C(Cn1c(=O)ccc2cc(S(=O)(=O)N3CCCC3)ccc21)Nc1ccccc1. The molecule has 3 aromatic rings. The molecule has 0 unspecified atom stereocenters. The van der Waals surface area contributed by atoms with Gasteiger partial charge in [0.1, 0.15) is 6.54 Å². The maximum atomic E-state index is 12.8. The standard InChI is InChI=1S/C21H21N3O4S/c25-20(22-17-6-2-1-3-7-17)15-24-19-10-9-18(14-16(19)8-11-21(24)26)29(27,28)23-12-4-5-13-23/h1-3,6-11,14H,4-5,12-13,15H2,(H,22,25). The molecule has 1 fully saturated rings. The van der Waals surface area contributed by atoms with E-state index in [0.717, 1.165) is 12.8 Å². The average molecular weight is 411 g/mol. The summed E-state index contributed by atoms with van der Waals surface area (Å²) >= 11 is 0. The van der Waals surface area contributed by atoms with Gasteiger partial charge in [0, 0.05) is 24.8 Å². The van der Waals surface area contributed by atoms with Crippen molar-refractivity contribution in [3.63, 3.8) is 0 Å². The number of para-hydroxylation sites is 1. The van der Waals surface area contributed by atoms with Gasteiger partial charge in [-0.15, -0.1) is 0 Å². The van der Waals surface area contributed by atoms with Crippen LogP contribution in [0.3, 0.4) is 0 Å². The normalized spacial score (nSPS) is 14.9. The van der Waals surface area contributed by atoms with Gasteiger partial charge in [-0.05, 0) is 54.6 Å². The van der Waals surface area contributed by atoms with Crippen molar-refractivity contribution >= 4 is 32.5 Å². The van der Waals surface area contributed by atoms with E-state index in [2.05, 4.69) is 5.32 Å². The van der Waals surface area contributed by atoms with E-state index >= 15 is 0 Å². The molecule has 2 aromatic carbocycles. The molecule has 1 aromatic heterocycles. The van der Waals surface area contributed by atoms with Gasteiger partial charge in [-0.2, -0.15) is 4.31 Å². The van der Waals surface area contributed by atoms with Crippen LogP contribution in [-0.4, -0.2) is 36.3 Å². The summed E-state index contributed by atoms with van der Waals surface area (Å²) in [5.74, 6) is -0.334. The molecule has 0 radical (unpaired) electrons. The third-order valence-electron chi connectivity index (χ3n) is 5.02. The first kappa shape index (κ1) is 19.4. The van der Waals surface area contributed by atoms with Gasteiger partial charge >= 0.3 is 0 Å². The van der Waals surface area contributed by atoms with Crippen molar-refractivity contribution in [2.75, 3.05) is 18.4 Å². The van der Waals surface area contributed by atoms with E-state index in [1.54, 1.807) is 30.3 Å². The number of amides is 1. The van der Waals surface area contributed by atoms with Crippen molar-refractivity contribution in [1.29, 1.82) is 0 Å². The summed E-state index contributed by atoms with van der Waals surface area (Å²) in [6.07, 6.45) is 1.73. The lowest BCUT2D eigenvalue weighted by Crippen LogP contribution is -2.28. The molecule has 1 aliphatic heterocycles. The number of sulfonamides is 1. The Bertz CT molecular complexity index is 1210. The van der Waals surface area contributed by atoms with E-state index in [1.807, 2.05) is 18.2 Å². The van der Waals surface area contributed by atoms with Crippen molar-refractivity contribution in [2.45, 2.75) is 24.3 Å². The van der Waals surface area contributed by atoms with E-state index in [1.165, 1.54) is 21.0 Å². The zero-order chi connectivity index (χ0) is 20.4. The molecule has 1 N–H and O–H groups in total. The molecule has 1 amide bonds. The number of pyridine rings is 1. The van der Waals surface area contributed by atoms with Crippen LogP contribution < -0.4 is 10.9 Å². The Balaban J connectivity index is 1.65. The summed E-state index contributed by atoms with van der Waals surface area (Å²) in [4.78, 5) is 25.0. The lowest BCUT2D eigenvalue weighted by Gasteiger charge is -2.16. The van der Waals surface area contributed by atoms with Gasteiger partial charge in [0.05, 0.1) is 10.4 Å². The molecule has 8 heteroatoms. The lowest BCUT2D eigenvalue weighted by atomic mass is 10.2. The number of hydrogen-bond donors (Lipinski definition) is 1. The highest BCUT2D eigenvalue weighted by atomic mass is 32.2. The maximum absolute atomic E-state index is 12.8. The molecule has 4 rings (SSSR count). The molecule has 29 heavy (non-hydrogen) atoms. The van der Waals surface area contributed by atoms with Crippen molar-refractivity contribution in [2.24, 2.45) is 0 Å². The number of rotatable bonds is 5. The molecular weight excluding hydrogens is 390 g/mol. The molecule has 0 bridgehead atoms. The summed E-state index contributed by atoms with van der Waals surface area (Å²) in [5, 5.41) is 3.35. The maximum Gasteiger partial charge on any atom is 0.251 e. The molecule has 2 heterocycles. The Morgan fingerprint density at radius 2 is 1.69 bits per heavy atom. The third kappa shape index (κ3) is 3.94. The van der Waals surface area contributed by atoms with Crippen molar-refractivity contribution in [1.82, 2.24) is 8.87 Å². The smallest absolute Gasteiger partial charge is 0.251 e. The van der Waals surface area contributed by atoms with Gasteiger partial charge in [-0.25, -0.2) is 8.42 Å². The molecule has 1 aliphatic rings. The van der Waals surface area contributed by atoms with Gasteiger partial charge in [0.15, 0.2) is 0 Å². The van der Waals surface area contributed by atoms with Gasteiger partial charge in [0.25, 0.3) is 5.56 Å². The largest absolute Gasteiger partial charge is 0.325 e. The molecule has 1 saturated heterocycles. The summed E-state index contributed by atoms with van der Waals surface area (Å²) < 4.78 is 28.4. The predicted octanol–water partition coefficient (Wildman–Crippen LogP) is 2.42. The van der Waals surface area contributed by atoms with Crippen molar-refractivity contribution < 1.29 is 13.2 Å². The summed E-state index contributed by atoms with van der Waals surface area (Å²) in [6, 6.07) is 16.6. The number of nitrogens with one attached hydrogen (secondary N) is 1. The van der Waals surface area contributed by atoms with E-state index in [-0.39, 0.29) is 22.9 Å². The lowest BCUT2D eigenvalue weighted by molar-refractivity contribution is -0.116. The number of fused-ring (bicyclic) bond motifs is 1. The minimum Gasteiger partial charge on any atom is -0.325 e. The number of nitrogens with zero attached hydrogens (tertiary/aromatic N) is 2. The van der Waals surface area contributed by atoms with E-state index in [0.29, 0.717) is 29.7 Å². The minimum atomic E-state index is -3.55. The molecular formula is C21H21N3O4S. The number of carbonyl (C=O) groups excluding carboxylic acids is 1. The molecule has 150 valence electrons. The molecule has 0 atom stereocenters. The van der Waals surface area contributed by atoms with E-state index in [4.69, 9.17) is 0 Å². The zero-order valence-electron chi connectivity index (χ0n) is 15.7. The van der Waals surface area contributed by atoms with Crippen molar-refractivity contribution in [3.8, 4) is 0 Å². The first-order chi connectivity index (χ1) is 13.9. The van der Waals surface area contributed by atoms with Crippen LogP contribution in [0.5, 0.6) is 0 Å². The highest BCUT2D eigenvalue weighted by molar-refractivity contribution is 7.89. The monoisotopic (exact) mass is 411 g/mol. The first-order valence-corrected chi connectivity index (χ1v) is 10.9.